The second-order valence-corrected chi connectivity index (χ2v) is 18.1. The summed E-state index contributed by atoms with van der Waals surface area (Å²) in [6.45, 7) is 30.5. The fraction of sp³-hybridized carbons (Fsp3) is 0.900. The van der Waals surface area contributed by atoms with Gasteiger partial charge in [0.1, 0.15) is 6.10 Å². The molecule has 0 aliphatic carbocycles. The van der Waals surface area contributed by atoms with Gasteiger partial charge in [0.15, 0.2) is 11.6 Å². The summed E-state index contributed by atoms with van der Waals surface area (Å²) in [6, 6.07) is 0. The van der Waals surface area contributed by atoms with Crippen LogP contribution in [0.15, 0.2) is 12.2 Å². The molecule has 0 aromatic carbocycles. The Morgan fingerprint density at radius 1 is 1.08 bits per heavy atom. The Morgan fingerprint density at radius 3 is 2.03 bits per heavy atom. The Morgan fingerprint density at radius 2 is 1.62 bits per heavy atom. The molecule has 1 rings (SSSR count). The lowest BCUT2D eigenvalue weighted by Gasteiger charge is -2.45. The molecule has 1 saturated heterocycles. The minimum Gasteiger partial charge on any atom is -0.413 e. The normalized spacial score (nSPS) is 22.3. The number of carbonyl (C=O) groups is 1. The molecule has 0 amide bonds. The molecule has 1 fully saturated rings. The van der Waals surface area contributed by atoms with E-state index in [1.165, 1.54) is 0 Å². The third-order valence-corrected chi connectivity index (χ3v) is 14.4. The summed E-state index contributed by atoms with van der Waals surface area (Å²) in [6.07, 6.45) is -0.640. The summed E-state index contributed by atoms with van der Waals surface area (Å²) in [7, 11) is -2.22. The SMILES string of the molecule is C=C(C)[C@H](C)C[C@H](CC(=O)[C@H](O)[C@@H](OCC)[C@H](C)C[C@@H]1COC(C)(C)O1)O[Si](C(C)C)(C(C)C)C(C)C. The summed E-state index contributed by atoms with van der Waals surface area (Å²) < 4.78 is 24.7. The number of rotatable bonds is 17. The maximum absolute atomic E-state index is 13.6. The van der Waals surface area contributed by atoms with Crippen molar-refractivity contribution in [2.75, 3.05) is 13.2 Å². The van der Waals surface area contributed by atoms with Crippen LogP contribution in [0.2, 0.25) is 16.6 Å². The summed E-state index contributed by atoms with van der Waals surface area (Å²) in [5, 5.41) is 11.3. The lowest BCUT2D eigenvalue weighted by molar-refractivity contribution is -0.149. The molecule has 1 N–H and O–H groups in total. The molecule has 0 radical (unpaired) electrons. The number of ketones is 1. The molecular formula is C30H58O6Si. The maximum atomic E-state index is 13.6. The minimum absolute atomic E-state index is 0.0782. The number of hydrogen-bond acceptors (Lipinski definition) is 6. The molecule has 1 aliphatic rings. The van der Waals surface area contributed by atoms with Crippen molar-refractivity contribution in [1.29, 1.82) is 0 Å². The largest absolute Gasteiger partial charge is 0.413 e. The van der Waals surface area contributed by atoms with E-state index >= 15 is 0 Å². The highest BCUT2D eigenvalue weighted by atomic mass is 28.4. The first-order chi connectivity index (χ1) is 17.0. The highest BCUT2D eigenvalue weighted by Crippen LogP contribution is 2.44. The van der Waals surface area contributed by atoms with E-state index in [4.69, 9.17) is 18.6 Å². The smallest absolute Gasteiger partial charge is 0.200 e. The number of ether oxygens (including phenoxy) is 3. The highest BCUT2D eigenvalue weighted by molar-refractivity contribution is 6.77. The topological polar surface area (TPSA) is 74.2 Å². The Balaban J connectivity index is 3.13. The zero-order valence-electron chi connectivity index (χ0n) is 25.9. The summed E-state index contributed by atoms with van der Waals surface area (Å²) >= 11 is 0. The first-order valence-electron chi connectivity index (χ1n) is 14.5. The van der Waals surface area contributed by atoms with Gasteiger partial charge >= 0.3 is 0 Å². The van der Waals surface area contributed by atoms with E-state index in [0.717, 1.165) is 5.57 Å². The number of hydrogen-bond donors (Lipinski definition) is 1. The zero-order valence-corrected chi connectivity index (χ0v) is 26.9. The Kier molecular flexibility index (Phi) is 13.7. The van der Waals surface area contributed by atoms with Crippen LogP contribution in [-0.2, 0) is 23.4 Å². The minimum atomic E-state index is -2.22. The average Bonchev–Trinajstić information content (AvgIpc) is 3.11. The molecule has 6 nitrogen and oxygen atoms in total. The van der Waals surface area contributed by atoms with Crippen molar-refractivity contribution in [2.45, 2.75) is 149 Å². The molecule has 7 heteroatoms. The van der Waals surface area contributed by atoms with Gasteiger partial charge in [0.2, 0.25) is 8.32 Å². The van der Waals surface area contributed by atoms with E-state index in [1.54, 1.807) is 0 Å². The van der Waals surface area contributed by atoms with Gasteiger partial charge < -0.3 is 23.7 Å². The first-order valence-corrected chi connectivity index (χ1v) is 16.6. The van der Waals surface area contributed by atoms with Crippen LogP contribution in [-0.4, -0.2) is 62.6 Å². The Bertz CT molecular complexity index is 697. The number of aliphatic hydroxyl groups is 1. The molecule has 0 unspecified atom stereocenters. The highest BCUT2D eigenvalue weighted by Gasteiger charge is 2.47. The number of carbonyl (C=O) groups excluding carboxylic acids is 1. The number of allylic oxidation sites excluding steroid dienone is 1. The van der Waals surface area contributed by atoms with Gasteiger partial charge in [0.05, 0.1) is 24.9 Å². The second-order valence-electron chi connectivity index (χ2n) is 12.7. The van der Waals surface area contributed by atoms with Gasteiger partial charge in [-0.25, -0.2) is 0 Å². The second kappa shape index (κ2) is 14.7. The van der Waals surface area contributed by atoms with Gasteiger partial charge in [-0.3, -0.25) is 4.79 Å². The summed E-state index contributed by atoms with van der Waals surface area (Å²) in [4.78, 5) is 13.6. The van der Waals surface area contributed by atoms with Crippen molar-refractivity contribution in [2.24, 2.45) is 11.8 Å². The quantitative estimate of drug-likeness (QED) is 0.157. The van der Waals surface area contributed by atoms with E-state index in [9.17, 15) is 9.90 Å². The van der Waals surface area contributed by atoms with Crippen molar-refractivity contribution < 1.29 is 28.5 Å². The van der Waals surface area contributed by atoms with Crippen LogP contribution in [0.5, 0.6) is 0 Å². The van der Waals surface area contributed by atoms with Crippen LogP contribution in [0.1, 0.15) is 102 Å². The van der Waals surface area contributed by atoms with Crippen molar-refractivity contribution in [1.82, 2.24) is 0 Å². The molecule has 0 saturated carbocycles. The third kappa shape index (κ3) is 9.54. The van der Waals surface area contributed by atoms with Gasteiger partial charge in [-0.15, -0.1) is 0 Å². The van der Waals surface area contributed by atoms with Gasteiger partial charge in [-0.1, -0.05) is 67.5 Å². The van der Waals surface area contributed by atoms with E-state index < -0.39 is 26.3 Å². The van der Waals surface area contributed by atoms with Crippen LogP contribution in [0.4, 0.5) is 0 Å². The van der Waals surface area contributed by atoms with Gasteiger partial charge in [0, 0.05) is 13.0 Å². The van der Waals surface area contributed by atoms with Crippen LogP contribution in [0.25, 0.3) is 0 Å². The molecule has 1 aliphatic heterocycles. The van der Waals surface area contributed by atoms with Crippen LogP contribution in [0.3, 0.4) is 0 Å². The molecule has 0 aromatic heterocycles. The standard InChI is InChI=1S/C30H58O6Si/c1-14-33-29(24(11)16-26-18-34-30(12,13)35-26)28(32)27(31)17-25(15-23(10)19(2)3)36-37(20(4)5,21(6)7)22(8)9/h20-26,28-29,32H,2,14-18H2,1,3-13H3/t23-,24-,25-,26-,28+,29+/m1/s1. The van der Waals surface area contributed by atoms with Crippen LogP contribution >= 0.6 is 0 Å². The van der Waals surface area contributed by atoms with Gasteiger partial charge in [-0.2, -0.15) is 0 Å². The van der Waals surface area contributed by atoms with Crippen molar-refractivity contribution in [3.8, 4) is 0 Å². The van der Waals surface area contributed by atoms with E-state index in [0.29, 0.717) is 42.7 Å². The van der Waals surface area contributed by atoms with E-state index in [2.05, 4.69) is 55.0 Å². The van der Waals surface area contributed by atoms with Gasteiger partial charge in [-0.05, 0) is 69.0 Å². The molecule has 0 bridgehead atoms. The third-order valence-electron chi connectivity index (χ3n) is 8.23. The van der Waals surface area contributed by atoms with Crippen molar-refractivity contribution in [3.63, 3.8) is 0 Å². The van der Waals surface area contributed by atoms with E-state index in [-0.39, 0.29) is 36.2 Å². The lowest BCUT2D eigenvalue weighted by atomic mass is 9.89. The molecule has 1 heterocycles. The zero-order chi connectivity index (χ0) is 28.7. The fourth-order valence-corrected chi connectivity index (χ4v) is 11.8. The maximum Gasteiger partial charge on any atom is 0.200 e. The predicted molar refractivity (Wildman–Crippen MR) is 154 cm³/mol. The monoisotopic (exact) mass is 542 g/mol. The van der Waals surface area contributed by atoms with Crippen molar-refractivity contribution >= 4 is 14.1 Å². The molecular weight excluding hydrogens is 484 g/mol. The van der Waals surface area contributed by atoms with Gasteiger partial charge in [0.25, 0.3) is 0 Å². The Hall–Kier alpha value is -0.573. The van der Waals surface area contributed by atoms with Crippen molar-refractivity contribution in [3.05, 3.63) is 12.2 Å². The first kappa shape index (κ1) is 34.5. The fourth-order valence-electron chi connectivity index (χ4n) is 6.18. The summed E-state index contributed by atoms with van der Waals surface area (Å²) in [5.74, 6) is -0.681. The molecule has 6 atom stereocenters. The lowest BCUT2D eigenvalue weighted by Crippen LogP contribution is -2.51. The molecule has 218 valence electrons. The molecule has 0 aromatic rings. The average molecular weight is 543 g/mol. The predicted octanol–water partition coefficient (Wildman–Crippen LogP) is 7.05. The Labute approximate surface area is 229 Å². The molecule has 0 spiro atoms. The molecule has 37 heavy (non-hydrogen) atoms. The number of aliphatic hydroxyl groups excluding tert-OH is 1. The van der Waals surface area contributed by atoms with E-state index in [1.807, 2.05) is 34.6 Å². The number of Topliss-reactive ketones (excluding diaryl/α,β-unsaturated/α-hetero) is 1. The van der Waals surface area contributed by atoms with Crippen LogP contribution in [0, 0.1) is 11.8 Å². The van der Waals surface area contributed by atoms with Crippen LogP contribution < -0.4 is 0 Å². The summed E-state index contributed by atoms with van der Waals surface area (Å²) in [5.41, 5.74) is 2.30.